The first-order valence-electron chi connectivity index (χ1n) is 26.4. The van der Waals surface area contributed by atoms with Crippen molar-refractivity contribution in [2.45, 2.75) is 109 Å². The number of hydrogen-bond donors (Lipinski definition) is 0. The molecule has 0 amide bonds. The average Bonchev–Trinajstić information content (AvgIpc) is 4.13. The van der Waals surface area contributed by atoms with Crippen molar-refractivity contribution in [2.24, 2.45) is 23.7 Å². The van der Waals surface area contributed by atoms with E-state index in [1.165, 1.54) is 118 Å². The van der Waals surface area contributed by atoms with Crippen molar-refractivity contribution in [2.75, 3.05) is 49.3 Å². The standard InChI is InChI=1S/2C17H24P.2C15H20P.2ClH.2Ti/c2*1-13(2)11-18(12-14(3)4)17-9-15-7-5-6-8-16(15)10-17;2*1-3-9-16(10-4-2)15-11-13-7-5-6-8-14(13)12-15;;;;/h2*5-10,13-14H,11-12H2,1-4H3;2*5-8,11-12H,3-4,9-10H2,1-2H3;2*1H;;/q4*-1;;;2*+2/p-2. The van der Waals surface area contributed by atoms with Gasteiger partial charge in [-0.15, -0.1) is 161 Å². The van der Waals surface area contributed by atoms with Crippen LogP contribution in [0.15, 0.2) is 146 Å². The monoisotopic (exact) mass is 1150 g/mol. The van der Waals surface area contributed by atoms with Crippen molar-refractivity contribution in [3.63, 3.8) is 0 Å². The van der Waals surface area contributed by atoms with Crippen LogP contribution in [0, 0.1) is 23.7 Å². The molecule has 0 aliphatic rings. The molecule has 0 heterocycles. The van der Waals surface area contributed by atoms with Gasteiger partial charge in [-0.1, -0.05) is 165 Å². The third-order valence-corrected chi connectivity index (χ3v) is 24.8. The van der Waals surface area contributed by atoms with Crippen LogP contribution >= 0.6 is 31.7 Å². The summed E-state index contributed by atoms with van der Waals surface area (Å²) in [7, 11) is 0.231. The van der Waals surface area contributed by atoms with E-state index < -0.39 is 0 Å². The van der Waals surface area contributed by atoms with Crippen molar-refractivity contribution >= 4 is 96.0 Å². The fourth-order valence-electron chi connectivity index (χ4n) is 9.42. The minimum atomic E-state index is 0. The van der Waals surface area contributed by atoms with E-state index in [1.54, 1.807) is 21.2 Å². The molecule has 0 unspecified atom stereocenters. The van der Waals surface area contributed by atoms with E-state index in [-0.39, 0.29) is 99.9 Å². The topological polar surface area (TPSA) is 0 Å². The summed E-state index contributed by atoms with van der Waals surface area (Å²) in [5, 5.41) is 17.7. The number of benzene rings is 4. The molecular formula is C64H88Cl2P4Ti2-2. The minimum Gasteiger partial charge on any atom is -1.00 e. The van der Waals surface area contributed by atoms with E-state index in [0.717, 1.165) is 23.7 Å². The molecule has 0 nitrogen and oxygen atoms in total. The summed E-state index contributed by atoms with van der Waals surface area (Å²) in [6.07, 6.45) is 16.3. The maximum Gasteiger partial charge on any atom is 2.00 e. The zero-order chi connectivity index (χ0) is 49.0. The molecule has 8 aromatic rings. The molecule has 0 saturated heterocycles. The van der Waals surface area contributed by atoms with E-state index in [1.807, 2.05) is 0 Å². The summed E-state index contributed by atoms with van der Waals surface area (Å²) in [5.74, 6) is 3.20. The summed E-state index contributed by atoms with van der Waals surface area (Å²) in [6.45, 7) is 28.0. The van der Waals surface area contributed by atoms with Gasteiger partial charge in [0.15, 0.2) is 0 Å². The van der Waals surface area contributed by atoms with E-state index in [2.05, 4.69) is 229 Å². The van der Waals surface area contributed by atoms with Gasteiger partial charge in [-0.2, -0.15) is 24.3 Å². The third kappa shape index (κ3) is 22.6. The molecule has 8 heteroatoms. The van der Waals surface area contributed by atoms with Gasteiger partial charge < -0.3 is 24.8 Å². The van der Waals surface area contributed by atoms with Gasteiger partial charge in [-0.05, 0) is 73.0 Å². The first-order chi connectivity index (χ1) is 32.8. The maximum absolute atomic E-state index is 2.42. The molecule has 0 spiro atoms. The quantitative estimate of drug-likeness (QED) is 0.0405. The predicted molar refractivity (Wildman–Crippen MR) is 324 cm³/mol. The van der Waals surface area contributed by atoms with Crippen LogP contribution in [0.25, 0.3) is 43.1 Å². The molecule has 8 rings (SSSR count). The molecule has 0 fully saturated rings. The summed E-state index contributed by atoms with van der Waals surface area (Å²) in [6, 6.07) is 54.2. The van der Waals surface area contributed by atoms with Crippen LogP contribution in [-0.2, 0) is 43.4 Å². The fourth-order valence-corrected chi connectivity index (χ4v) is 20.3. The zero-order valence-corrected chi connectivity index (χ0v) is 54.4. The Morgan fingerprint density at radius 2 is 0.514 bits per heavy atom. The van der Waals surface area contributed by atoms with Gasteiger partial charge in [0.05, 0.1) is 0 Å². The van der Waals surface area contributed by atoms with E-state index >= 15 is 0 Å². The zero-order valence-electron chi connectivity index (χ0n) is 46.2. The fraction of sp³-hybridized carbons (Fsp3) is 0.438. The Kier molecular flexibility index (Phi) is 35.5. The molecule has 8 aromatic carbocycles. The molecule has 0 aliphatic carbocycles. The molecule has 0 bridgehead atoms. The largest absolute Gasteiger partial charge is 2.00 e. The molecule has 388 valence electrons. The Morgan fingerprint density at radius 3 is 0.694 bits per heavy atom. The first-order valence-corrected chi connectivity index (χ1v) is 33.3. The Balaban J connectivity index is 0.000000472. The number of fused-ring (bicyclic) bond motifs is 4. The van der Waals surface area contributed by atoms with Crippen molar-refractivity contribution in [3.05, 3.63) is 146 Å². The number of rotatable bonds is 20. The maximum atomic E-state index is 2.42. The van der Waals surface area contributed by atoms with Gasteiger partial charge in [0, 0.05) is 0 Å². The summed E-state index contributed by atoms with van der Waals surface area (Å²) in [4.78, 5) is 0. The van der Waals surface area contributed by atoms with E-state index in [0.29, 0.717) is 0 Å². The predicted octanol–water partition coefficient (Wildman–Crippen LogP) is 12.9. The Bertz CT molecular complexity index is 2270. The first kappa shape index (κ1) is 69.1. The van der Waals surface area contributed by atoms with Gasteiger partial charge in [0.1, 0.15) is 0 Å². The summed E-state index contributed by atoms with van der Waals surface area (Å²) < 4.78 is 0. The van der Waals surface area contributed by atoms with Crippen molar-refractivity contribution in [3.8, 4) is 0 Å². The van der Waals surface area contributed by atoms with Crippen LogP contribution in [0.2, 0.25) is 0 Å². The van der Waals surface area contributed by atoms with Crippen molar-refractivity contribution in [1.82, 2.24) is 0 Å². The second-order valence-electron chi connectivity index (χ2n) is 20.7. The number of halogens is 2. The third-order valence-electron chi connectivity index (χ3n) is 12.2. The van der Waals surface area contributed by atoms with Crippen LogP contribution in [0.1, 0.15) is 109 Å². The smallest absolute Gasteiger partial charge is 1.00 e. The minimum absolute atomic E-state index is 0. The van der Waals surface area contributed by atoms with Crippen molar-refractivity contribution < 1.29 is 68.2 Å². The molecule has 0 atom stereocenters. The SMILES string of the molecule is CC(C)CP(CC(C)C)c1cc2ccccc2[cH-]1.CC(C)CP(CC(C)C)c1cc2ccccc2[cH-]1.CCCP(CCC)c1cc2ccccc2[cH-]1.CCCP(CCC)c1cc2ccccc2[cH-]1.[Cl-].[Cl-].[Ti+2].[Ti+2]. The molecular weight excluding hydrogens is 1060 g/mol. The van der Waals surface area contributed by atoms with Gasteiger partial charge in [0.25, 0.3) is 0 Å². The normalized spacial score (nSPS) is 11.2. The molecule has 0 radical (unpaired) electrons. The second kappa shape index (κ2) is 37.0. The summed E-state index contributed by atoms with van der Waals surface area (Å²) >= 11 is 0. The van der Waals surface area contributed by atoms with Gasteiger partial charge >= 0.3 is 43.4 Å². The molecule has 0 aromatic heterocycles. The summed E-state index contributed by atoms with van der Waals surface area (Å²) in [5.41, 5.74) is 0. The van der Waals surface area contributed by atoms with Crippen LogP contribution in [0.5, 0.6) is 0 Å². The van der Waals surface area contributed by atoms with Crippen LogP contribution < -0.4 is 46.0 Å². The Hall–Kier alpha value is -0.951. The average molecular weight is 1150 g/mol. The van der Waals surface area contributed by atoms with Crippen LogP contribution in [0.4, 0.5) is 0 Å². The van der Waals surface area contributed by atoms with Gasteiger partial charge in [-0.25, -0.2) is 0 Å². The molecule has 0 aliphatic heterocycles. The number of hydrogen-bond acceptors (Lipinski definition) is 0. The molecule has 0 N–H and O–H groups in total. The Morgan fingerprint density at radius 1 is 0.319 bits per heavy atom. The molecule has 72 heavy (non-hydrogen) atoms. The molecule has 0 saturated carbocycles. The van der Waals surface area contributed by atoms with Crippen LogP contribution in [0.3, 0.4) is 0 Å². The van der Waals surface area contributed by atoms with E-state index in [4.69, 9.17) is 0 Å². The van der Waals surface area contributed by atoms with Crippen LogP contribution in [-0.4, -0.2) is 49.3 Å². The van der Waals surface area contributed by atoms with Gasteiger partial charge in [-0.3, -0.25) is 0 Å². The second-order valence-corrected chi connectivity index (χ2v) is 30.4. The van der Waals surface area contributed by atoms with Gasteiger partial charge in [0.2, 0.25) is 0 Å². The van der Waals surface area contributed by atoms with Crippen molar-refractivity contribution in [1.29, 1.82) is 0 Å². The Labute approximate surface area is 487 Å². The van der Waals surface area contributed by atoms with E-state index in [9.17, 15) is 0 Å².